The van der Waals surface area contributed by atoms with Crippen LogP contribution in [-0.4, -0.2) is 12.4 Å². The molecule has 9 heavy (non-hydrogen) atoms. The number of thioether (sulfide) groups is 1. The molecule has 1 aromatic heterocycles. The van der Waals surface area contributed by atoms with Crippen LogP contribution in [0.4, 0.5) is 0 Å². The monoisotopic (exact) mass is 158 g/mol. The summed E-state index contributed by atoms with van der Waals surface area (Å²) in [5.41, 5.74) is 0. The van der Waals surface area contributed by atoms with Crippen LogP contribution in [-0.2, 0) is 0 Å². The molecule has 0 N–H and O–H groups in total. The lowest BCUT2D eigenvalue weighted by Crippen LogP contribution is -2.03. The Morgan fingerprint density at radius 2 is 2.56 bits per heavy atom. The molecule has 0 unspecified atom stereocenters. The van der Waals surface area contributed by atoms with E-state index in [9.17, 15) is 0 Å². The van der Waals surface area contributed by atoms with Crippen molar-refractivity contribution < 1.29 is 4.74 Å². The molecule has 0 atom stereocenters. The van der Waals surface area contributed by atoms with E-state index in [1.165, 1.54) is 4.90 Å². The molecule has 1 nitrogen and oxygen atoms in total. The van der Waals surface area contributed by atoms with Crippen LogP contribution in [0.2, 0.25) is 0 Å². The van der Waals surface area contributed by atoms with Gasteiger partial charge in [-0.05, 0) is 11.4 Å². The summed E-state index contributed by atoms with van der Waals surface area (Å²) in [6.45, 7) is 0.873. The first-order valence-corrected chi connectivity index (χ1v) is 4.66. The van der Waals surface area contributed by atoms with Crippen LogP contribution in [0.5, 0.6) is 5.06 Å². The molecule has 1 aliphatic heterocycles. The van der Waals surface area contributed by atoms with Crippen LogP contribution >= 0.6 is 23.1 Å². The van der Waals surface area contributed by atoms with Crippen LogP contribution in [0.3, 0.4) is 0 Å². The topological polar surface area (TPSA) is 9.23 Å². The zero-order chi connectivity index (χ0) is 6.10. The number of fused-ring (bicyclic) bond motifs is 1. The molecule has 48 valence electrons. The molecule has 0 bridgehead atoms. The van der Waals surface area contributed by atoms with Crippen molar-refractivity contribution in [2.75, 3.05) is 12.4 Å². The van der Waals surface area contributed by atoms with Crippen molar-refractivity contribution in [2.45, 2.75) is 4.90 Å². The average Bonchev–Trinajstić information content (AvgIpc) is 2.33. The van der Waals surface area contributed by atoms with Crippen LogP contribution in [0.15, 0.2) is 16.3 Å². The fraction of sp³-hybridized carbons (Fsp3) is 0.333. The predicted octanol–water partition coefficient (Wildman–Crippen LogP) is 2.23. The zero-order valence-corrected chi connectivity index (χ0v) is 6.43. The quantitative estimate of drug-likeness (QED) is 0.572. The lowest BCUT2D eigenvalue weighted by atomic mass is 10.6. The molecule has 0 aromatic carbocycles. The first kappa shape index (κ1) is 5.62. The molecule has 0 amide bonds. The second-order valence-electron chi connectivity index (χ2n) is 1.77. The smallest absolute Gasteiger partial charge is 0.187 e. The second-order valence-corrected chi connectivity index (χ2v) is 3.78. The maximum absolute atomic E-state index is 5.36. The van der Waals surface area contributed by atoms with Gasteiger partial charge in [0.25, 0.3) is 0 Å². The summed E-state index contributed by atoms with van der Waals surface area (Å²) in [5, 5.41) is 3.18. The fourth-order valence-electron chi connectivity index (χ4n) is 0.782. The third kappa shape index (κ3) is 0.946. The van der Waals surface area contributed by atoms with Gasteiger partial charge >= 0.3 is 0 Å². The SMILES string of the molecule is c1cc2c(s1)OCCS2. The van der Waals surface area contributed by atoms with E-state index in [2.05, 4.69) is 11.4 Å². The molecule has 1 aliphatic rings. The Morgan fingerprint density at radius 1 is 1.56 bits per heavy atom. The summed E-state index contributed by atoms with van der Waals surface area (Å²) in [7, 11) is 0. The third-order valence-corrected chi connectivity index (χ3v) is 3.13. The summed E-state index contributed by atoms with van der Waals surface area (Å²) in [5.74, 6) is 1.10. The Labute approximate surface area is 62.0 Å². The molecular formula is C6H6OS2. The molecule has 0 saturated heterocycles. The minimum Gasteiger partial charge on any atom is -0.482 e. The van der Waals surface area contributed by atoms with E-state index in [4.69, 9.17) is 4.74 Å². The van der Waals surface area contributed by atoms with Crippen molar-refractivity contribution >= 4 is 23.1 Å². The summed E-state index contributed by atoms with van der Waals surface area (Å²) < 4.78 is 5.36. The van der Waals surface area contributed by atoms with E-state index in [1.807, 2.05) is 11.8 Å². The fourth-order valence-corrected chi connectivity index (χ4v) is 2.58. The number of thiophene rings is 1. The van der Waals surface area contributed by atoms with Gasteiger partial charge < -0.3 is 4.74 Å². The van der Waals surface area contributed by atoms with Gasteiger partial charge in [0.1, 0.15) is 0 Å². The number of hydrogen-bond donors (Lipinski definition) is 0. The molecule has 0 aliphatic carbocycles. The summed E-state index contributed by atoms with van der Waals surface area (Å²) >= 11 is 3.56. The summed E-state index contributed by atoms with van der Waals surface area (Å²) in [6.07, 6.45) is 0. The van der Waals surface area contributed by atoms with Gasteiger partial charge in [0.2, 0.25) is 0 Å². The lowest BCUT2D eigenvalue weighted by Gasteiger charge is -2.10. The van der Waals surface area contributed by atoms with Gasteiger partial charge in [-0.1, -0.05) is 0 Å². The summed E-state index contributed by atoms with van der Waals surface area (Å²) in [4.78, 5) is 1.31. The number of rotatable bonds is 0. The number of ether oxygens (including phenoxy) is 1. The molecule has 0 radical (unpaired) electrons. The van der Waals surface area contributed by atoms with E-state index in [-0.39, 0.29) is 0 Å². The molecule has 0 spiro atoms. The van der Waals surface area contributed by atoms with Crippen molar-refractivity contribution in [2.24, 2.45) is 0 Å². The van der Waals surface area contributed by atoms with Crippen LogP contribution in [0.25, 0.3) is 0 Å². The summed E-state index contributed by atoms with van der Waals surface area (Å²) in [6, 6.07) is 2.11. The van der Waals surface area contributed by atoms with Gasteiger partial charge in [0.05, 0.1) is 11.5 Å². The van der Waals surface area contributed by atoms with Crippen molar-refractivity contribution in [3.8, 4) is 5.06 Å². The maximum atomic E-state index is 5.36. The third-order valence-electron chi connectivity index (χ3n) is 1.17. The molecule has 3 heteroatoms. The highest BCUT2D eigenvalue weighted by Crippen LogP contribution is 2.37. The standard InChI is InChI=1S/C6H6OS2/c1-3-9-6-5(1)8-4-2-7-6/h1,3H,2,4H2. The minimum atomic E-state index is 0.873. The van der Waals surface area contributed by atoms with Crippen molar-refractivity contribution in [1.29, 1.82) is 0 Å². The average molecular weight is 158 g/mol. The van der Waals surface area contributed by atoms with Crippen molar-refractivity contribution in [3.05, 3.63) is 11.4 Å². The number of hydrogen-bond acceptors (Lipinski definition) is 3. The highest BCUT2D eigenvalue weighted by atomic mass is 32.2. The highest BCUT2D eigenvalue weighted by Gasteiger charge is 2.10. The van der Waals surface area contributed by atoms with Crippen LogP contribution in [0, 0.1) is 0 Å². The Kier molecular flexibility index (Phi) is 1.39. The molecule has 0 saturated carbocycles. The van der Waals surface area contributed by atoms with Gasteiger partial charge in [-0.2, -0.15) is 0 Å². The van der Waals surface area contributed by atoms with Gasteiger partial charge in [0, 0.05) is 5.75 Å². The highest BCUT2D eigenvalue weighted by molar-refractivity contribution is 7.99. The Balaban J connectivity index is 2.39. The maximum Gasteiger partial charge on any atom is 0.187 e. The molecule has 2 rings (SSSR count). The first-order chi connectivity index (χ1) is 4.47. The second kappa shape index (κ2) is 2.23. The van der Waals surface area contributed by atoms with E-state index < -0.39 is 0 Å². The Bertz CT molecular complexity index is 186. The Hall–Kier alpha value is -0.150. The lowest BCUT2D eigenvalue weighted by molar-refractivity contribution is 0.341. The van der Waals surface area contributed by atoms with E-state index in [0.717, 1.165) is 17.4 Å². The van der Waals surface area contributed by atoms with Gasteiger partial charge in [-0.15, -0.1) is 23.1 Å². The first-order valence-electron chi connectivity index (χ1n) is 2.80. The molecule has 2 heterocycles. The van der Waals surface area contributed by atoms with Crippen molar-refractivity contribution in [1.82, 2.24) is 0 Å². The predicted molar refractivity (Wildman–Crippen MR) is 40.5 cm³/mol. The normalized spacial score (nSPS) is 16.4. The van der Waals surface area contributed by atoms with Crippen LogP contribution < -0.4 is 4.74 Å². The largest absolute Gasteiger partial charge is 0.482 e. The zero-order valence-electron chi connectivity index (χ0n) is 4.79. The van der Waals surface area contributed by atoms with E-state index in [1.54, 1.807) is 11.3 Å². The van der Waals surface area contributed by atoms with E-state index in [0.29, 0.717) is 0 Å². The Morgan fingerprint density at radius 3 is 3.44 bits per heavy atom. The van der Waals surface area contributed by atoms with Crippen molar-refractivity contribution in [3.63, 3.8) is 0 Å². The molecular weight excluding hydrogens is 152 g/mol. The molecule has 1 aromatic rings. The molecule has 0 fully saturated rings. The minimum absolute atomic E-state index is 0.873. The van der Waals surface area contributed by atoms with E-state index >= 15 is 0 Å². The van der Waals surface area contributed by atoms with Gasteiger partial charge in [-0.3, -0.25) is 0 Å². The van der Waals surface area contributed by atoms with Gasteiger partial charge in [0.15, 0.2) is 5.06 Å². The van der Waals surface area contributed by atoms with Gasteiger partial charge in [-0.25, -0.2) is 0 Å². The van der Waals surface area contributed by atoms with Crippen LogP contribution in [0.1, 0.15) is 0 Å².